The SMILES string of the molecule is CC(=O)SCCNC(=O)NC(C)C(=O)N1CCN(C)CC1. The zero-order chi connectivity index (χ0) is 15.8. The number of hydrogen-bond donors (Lipinski definition) is 2. The van der Waals surface area contributed by atoms with Crippen LogP contribution in [0.5, 0.6) is 0 Å². The third-order valence-corrected chi connectivity index (χ3v) is 4.04. The molecule has 7 nitrogen and oxygen atoms in total. The molecule has 0 bridgehead atoms. The largest absolute Gasteiger partial charge is 0.338 e. The molecule has 0 spiro atoms. The zero-order valence-corrected chi connectivity index (χ0v) is 13.7. The maximum atomic E-state index is 12.2. The molecule has 0 saturated carbocycles. The van der Waals surface area contributed by atoms with Gasteiger partial charge in [-0.2, -0.15) is 0 Å². The Morgan fingerprint density at radius 3 is 2.38 bits per heavy atom. The number of carbonyl (C=O) groups excluding carboxylic acids is 3. The highest BCUT2D eigenvalue weighted by Gasteiger charge is 2.24. The summed E-state index contributed by atoms with van der Waals surface area (Å²) >= 11 is 1.16. The third-order valence-electron chi connectivity index (χ3n) is 3.23. The first-order valence-electron chi connectivity index (χ1n) is 7.05. The predicted molar refractivity (Wildman–Crippen MR) is 83.2 cm³/mol. The van der Waals surface area contributed by atoms with Crippen molar-refractivity contribution in [2.24, 2.45) is 0 Å². The fourth-order valence-corrected chi connectivity index (χ4v) is 2.46. The molecule has 0 aromatic carbocycles. The van der Waals surface area contributed by atoms with Gasteiger partial charge in [-0.05, 0) is 14.0 Å². The molecule has 1 saturated heterocycles. The van der Waals surface area contributed by atoms with E-state index in [1.165, 1.54) is 6.92 Å². The number of thioether (sulfide) groups is 1. The summed E-state index contributed by atoms with van der Waals surface area (Å²) in [5, 5.41) is 5.28. The first-order chi connectivity index (χ1) is 9.90. The highest BCUT2D eigenvalue weighted by Crippen LogP contribution is 2.02. The summed E-state index contributed by atoms with van der Waals surface area (Å²) in [6.07, 6.45) is 0. The quantitative estimate of drug-likeness (QED) is 0.682. The molecule has 1 fully saturated rings. The summed E-state index contributed by atoms with van der Waals surface area (Å²) in [6, 6.07) is -0.928. The Kier molecular flexibility index (Phi) is 7.52. The van der Waals surface area contributed by atoms with E-state index in [9.17, 15) is 14.4 Å². The highest BCUT2D eigenvalue weighted by molar-refractivity contribution is 8.13. The van der Waals surface area contributed by atoms with Crippen LogP contribution in [0.4, 0.5) is 4.79 Å². The van der Waals surface area contributed by atoms with Gasteiger partial charge in [-0.1, -0.05) is 11.8 Å². The second kappa shape index (κ2) is 8.89. The van der Waals surface area contributed by atoms with E-state index >= 15 is 0 Å². The van der Waals surface area contributed by atoms with Gasteiger partial charge in [0.05, 0.1) is 0 Å². The van der Waals surface area contributed by atoms with Crippen molar-refractivity contribution >= 4 is 28.8 Å². The number of urea groups is 1. The van der Waals surface area contributed by atoms with Crippen LogP contribution >= 0.6 is 11.8 Å². The first-order valence-corrected chi connectivity index (χ1v) is 8.03. The van der Waals surface area contributed by atoms with E-state index in [-0.39, 0.29) is 17.1 Å². The number of hydrogen-bond acceptors (Lipinski definition) is 5. The molecule has 0 aromatic heterocycles. The van der Waals surface area contributed by atoms with Crippen molar-refractivity contribution in [1.29, 1.82) is 0 Å². The molecule has 1 aliphatic rings. The van der Waals surface area contributed by atoms with Crippen LogP contribution in [0.3, 0.4) is 0 Å². The van der Waals surface area contributed by atoms with Crippen LogP contribution in [0.15, 0.2) is 0 Å². The normalized spacial score (nSPS) is 17.2. The lowest BCUT2D eigenvalue weighted by Crippen LogP contribution is -2.54. The molecule has 1 heterocycles. The maximum absolute atomic E-state index is 12.2. The van der Waals surface area contributed by atoms with E-state index in [4.69, 9.17) is 0 Å². The van der Waals surface area contributed by atoms with E-state index in [0.717, 1.165) is 24.9 Å². The molecule has 1 unspecified atom stereocenters. The predicted octanol–water partition coefficient (Wildman–Crippen LogP) is -0.272. The molecule has 8 heteroatoms. The standard InChI is InChI=1S/C13H24N4O3S/c1-10(12(19)17-7-5-16(3)6-8-17)15-13(20)14-4-9-21-11(2)18/h10H,4-9H2,1-3H3,(H2,14,15,20). The van der Waals surface area contributed by atoms with Crippen LogP contribution in [0.2, 0.25) is 0 Å². The van der Waals surface area contributed by atoms with Crippen molar-refractivity contribution in [3.8, 4) is 0 Å². The lowest BCUT2D eigenvalue weighted by atomic mass is 10.2. The molecule has 1 rings (SSSR count). The Morgan fingerprint density at radius 2 is 1.81 bits per heavy atom. The minimum Gasteiger partial charge on any atom is -0.338 e. The van der Waals surface area contributed by atoms with Gasteiger partial charge < -0.3 is 20.4 Å². The van der Waals surface area contributed by atoms with Crippen LogP contribution in [0, 0.1) is 0 Å². The fourth-order valence-electron chi connectivity index (χ4n) is 1.97. The van der Waals surface area contributed by atoms with Gasteiger partial charge in [-0.25, -0.2) is 4.79 Å². The van der Waals surface area contributed by atoms with Gasteiger partial charge >= 0.3 is 6.03 Å². The average molecular weight is 316 g/mol. The molecular formula is C13H24N4O3S. The molecule has 3 amide bonds. The molecule has 1 aliphatic heterocycles. The molecule has 0 aliphatic carbocycles. The minimum absolute atomic E-state index is 0.0239. The number of nitrogens with zero attached hydrogens (tertiary/aromatic N) is 2. The Morgan fingerprint density at radius 1 is 1.19 bits per heavy atom. The summed E-state index contributed by atoms with van der Waals surface area (Å²) in [5.74, 6) is 0.472. The van der Waals surface area contributed by atoms with Crippen molar-refractivity contribution in [3.05, 3.63) is 0 Å². The van der Waals surface area contributed by atoms with Gasteiger partial charge in [0.25, 0.3) is 0 Å². The molecular weight excluding hydrogens is 292 g/mol. The van der Waals surface area contributed by atoms with Crippen molar-refractivity contribution in [3.63, 3.8) is 0 Å². The Hall–Kier alpha value is -1.28. The first kappa shape index (κ1) is 17.8. The summed E-state index contributed by atoms with van der Waals surface area (Å²) in [6.45, 7) is 6.66. The second-order valence-electron chi connectivity index (χ2n) is 5.09. The van der Waals surface area contributed by atoms with Gasteiger partial charge in [-0.3, -0.25) is 9.59 Å². The Labute approximate surface area is 129 Å². The van der Waals surface area contributed by atoms with Crippen LogP contribution in [-0.2, 0) is 9.59 Å². The van der Waals surface area contributed by atoms with Crippen LogP contribution in [0.25, 0.3) is 0 Å². The van der Waals surface area contributed by atoms with Crippen molar-refractivity contribution < 1.29 is 14.4 Å². The monoisotopic (exact) mass is 316 g/mol. The van der Waals surface area contributed by atoms with E-state index in [1.807, 2.05) is 7.05 Å². The molecule has 1 atom stereocenters. The van der Waals surface area contributed by atoms with E-state index in [1.54, 1.807) is 11.8 Å². The van der Waals surface area contributed by atoms with Crippen LogP contribution in [-0.4, -0.2) is 78.4 Å². The zero-order valence-electron chi connectivity index (χ0n) is 12.8. The van der Waals surface area contributed by atoms with Crippen molar-refractivity contribution in [2.45, 2.75) is 19.9 Å². The van der Waals surface area contributed by atoms with Crippen LogP contribution < -0.4 is 10.6 Å². The summed E-state index contributed by atoms with van der Waals surface area (Å²) in [4.78, 5) is 38.5. The molecule has 0 aromatic rings. The molecule has 0 radical (unpaired) electrons. The second-order valence-corrected chi connectivity index (χ2v) is 6.36. The number of carbonyl (C=O) groups is 3. The van der Waals surface area contributed by atoms with Crippen molar-refractivity contribution in [1.82, 2.24) is 20.4 Å². The number of amides is 3. The number of likely N-dealkylation sites (N-methyl/N-ethyl adjacent to an activating group) is 1. The van der Waals surface area contributed by atoms with Gasteiger partial charge in [0, 0.05) is 45.4 Å². The number of rotatable bonds is 5. The van der Waals surface area contributed by atoms with Gasteiger partial charge in [-0.15, -0.1) is 0 Å². The summed E-state index contributed by atoms with van der Waals surface area (Å²) in [7, 11) is 2.02. The fraction of sp³-hybridized carbons (Fsp3) is 0.769. The Bertz CT molecular complexity index is 384. The minimum atomic E-state index is -0.547. The summed E-state index contributed by atoms with van der Waals surface area (Å²) < 4.78 is 0. The highest BCUT2D eigenvalue weighted by atomic mass is 32.2. The lowest BCUT2D eigenvalue weighted by Gasteiger charge is -2.34. The average Bonchev–Trinajstić information content (AvgIpc) is 2.43. The molecule has 21 heavy (non-hydrogen) atoms. The number of nitrogens with one attached hydrogen (secondary N) is 2. The third kappa shape index (κ3) is 6.81. The van der Waals surface area contributed by atoms with Gasteiger partial charge in [0.2, 0.25) is 5.91 Å². The number of piperazine rings is 1. The van der Waals surface area contributed by atoms with Gasteiger partial charge in [0.1, 0.15) is 6.04 Å². The maximum Gasteiger partial charge on any atom is 0.315 e. The van der Waals surface area contributed by atoms with Gasteiger partial charge in [0.15, 0.2) is 5.12 Å². The molecule has 2 N–H and O–H groups in total. The van der Waals surface area contributed by atoms with E-state index < -0.39 is 6.04 Å². The van der Waals surface area contributed by atoms with Crippen LogP contribution in [0.1, 0.15) is 13.8 Å². The van der Waals surface area contributed by atoms with E-state index in [2.05, 4.69) is 15.5 Å². The smallest absolute Gasteiger partial charge is 0.315 e. The van der Waals surface area contributed by atoms with E-state index in [0.29, 0.717) is 25.4 Å². The topological polar surface area (TPSA) is 81.8 Å². The lowest BCUT2D eigenvalue weighted by molar-refractivity contribution is -0.134. The summed E-state index contributed by atoms with van der Waals surface area (Å²) in [5.41, 5.74) is 0. The Balaban J connectivity index is 2.25. The van der Waals surface area contributed by atoms with Crippen molar-refractivity contribution in [2.75, 3.05) is 45.5 Å². The molecule has 120 valence electrons.